The largest absolute Gasteiger partial charge is 0.496 e. The smallest absolute Gasteiger partial charge is 0.150 e. The Hall–Kier alpha value is -3.05. The number of carbonyl (C=O) groups excluding carboxylic acids is 1. The summed E-state index contributed by atoms with van der Waals surface area (Å²) in [5.41, 5.74) is 9.02. The van der Waals surface area contributed by atoms with Crippen molar-refractivity contribution < 1.29 is 9.53 Å². The normalized spacial score (nSPS) is 10.3. The van der Waals surface area contributed by atoms with E-state index < -0.39 is 0 Å². The predicted molar refractivity (Wildman–Crippen MR) is 101 cm³/mol. The average Bonchev–Trinajstić information content (AvgIpc) is 2.62. The lowest BCUT2D eigenvalue weighted by Gasteiger charge is -2.12. The Balaban J connectivity index is 1.98. The first-order chi connectivity index (χ1) is 12.1. The third-order valence-corrected chi connectivity index (χ3v) is 3.87. The Kier molecular flexibility index (Phi) is 4.86. The number of benzene rings is 2. The first kappa shape index (κ1) is 16.8. The number of aromatic nitrogens is 1. The molecule has 0 aliphatic rings. The second-order valence-corrected chi connectivity index (χ2v) is 5.81. The number of methoxy groups -OCH3 is 1. The lowest BCUT2D eigenvalue weighted by molar-refractivity contribution is 0.112. The monoisotopic (exact) mass is 353 g/mol. The molecule has 3 rings (SSSR count). The highest BCUT2D eigenvalue weighted by Crippen LogP contribution is 2.34. The van der Waals surface area contributed by atoms with Crippen LogP contribution in [0.2, 0.25) is 5.02 Å². The van der Waals surface area contributed by atoms with Gasteiger partial charge >= 0.3 is 0 Å². The first-order valence-electron chi connectivity index (χ1n) is 7.53. The molecule has 3 aromatic rings. The van der Waals surface area contributed by atoms with Crippen LogP contribution in [0.3, 0.4) is 0 Å². The number of nitrogens with zero attached hydrogens (tertiary/aromatic N) is 1. The number of pyridine rings is 1. The molecule has 1 aromatic heterocycles. The molecule has 0 aliphatic heterocycles. The Morgan fingerprint density at radius 1 is 1.12 bits per heavy atom. The zero-order valence-electron chi connectivity index (χ0n) is 13.5. The van der Waals surface area contributed by atoms with Crippen LogP contribution in [0.25, 0.3) is 11.1 Å². The summed E-state index contributed by atoms with van der Waals surface area (Å²) in [6.45, 7) is 0. The van der Waals surface area contributed by atoms with Crippen molar-refractivity contribution in [1.29, 1.82) is 0 Å². The van der Waals surface area contributed by atoms with E-state index in [9.17, 15) is 4.79 Å². The van der Waals surface area contributed by atoms with Gasteiger partial charge in [0.25, 0.3) is 0 Å². The molecule has 0 spiro atoms. The number of hydrogen-bond acceptors (Lipinski definition) is 5. The molecule has 0 atom stereocenters. The summed E-state index contributed by atoms with van der Waals surface area (Å²) in [5, 5.41) is 3.78. The van der Waals surface area contributed by atoms with Gasteiger partial charge in [-0.25, -0.2) is 4.98 Å². The van der Waals surface area contributed by atoms with Crippen LogP contribution in [-0.2, 0) is 0 Å². The standard InChI is InChI=1S/C19H16ClN3O2/c1-25-17-7-4-14(20)10-16(17)13-8-18(21)23-19(9-13)22-15-5-2-12(11-24)3-6-15/h2-11H,1H3,(H3,21,22,23). The van der Waals surface area contributed by atoms with E-state index in [1.807, 2.05) is 12.1 Å². The van der Waals surface area contributed by atoms with E-state index in [4.69, 9.17) is 22.1 Å². The molecular weight excluding hydrogens is 338 g/mol. The van der Waals surface area contributed by atoms with Gasteiger partial charge in [-0.1, -0.05) is 11.6 Å². The Labute approximate surface area is 150 Å². The Morgan fingerprint density at radius 2 is 1.88 bits per heavy atom. The van der Waals surface area contributed by atoms with Gasteiger partial charge in [0.2, 0.25) is 0 Å². The van der Waals surface area contributed by atoms with Crippen molar-refractivity contribution in [2.75, 3.05) is 18.2 Å². The van der Waals surface area contributed by atoms with E-state index in [0.717, 1.165) is 23.1 Å². The summed E-state index contributed by atoms with van der Waals surface area (Å²) >= 11 is 6.12. The van der Waals surface area contributed by atoms with Crippen molar-refractivity contribution >= 4 is 35.2 Å². The minimum Gasteiger partial charge on any atom is -0.496 e. The molecule has 0 aliphatic carbocycles. The van der Waals surface area contributed by atoms with Gasteiger partial charge in [0, 0.05) is 21.8 Å². The third-order valence-electron chi connectivity index (χ3n) is 3.64. The molecule has 5 nitrogen and oxygen atoms in total. The third kappa shape index (κ3) is 3.89. The first-order valence-corrected chi connectivity index (χ1v) is 7.90. The molecule has 126 valence electrons. The summed E-state index contributed by atoms with van der Waals surface area (Å²) < 4.78 is 5.40. The van der Waals surface area contributed by atoms with Crippen molar-refractivity contribution in [2.24, 2.45) is 0 Å². The van der Waals surface area contributed by atoms with E-state index in [1.54, 1.807) is 49.6 Å². The molecule has 0 fully saturated rings. The van der Waals surface area contributed by atoms with Crippen molar-refractivity contribution in [3.8, 4) is 16.9 Å². The van der Waals surface area contributed by atoms with Crippen LogP contribution in [0.4, 0.5) is 17.3 Å². The van der Waals surface area contributed by atoms with Gasteiger partial charge in [0.05, 0.1) is 7.11 Å². The topological polar surface area (TPSA) is 77.2 Å². The number of halogens is 1. The van der Waals surface area contributed by atoms with Crippen molar-refractivity contribution in [3.63, 3.8) is 0 Å². The number of ether oxygens (including phenoxy) is 1. The quantitative estimate of drug-likeness (QED) is 0.658. The number of nitrogens with one attached hydrogen (secondary N) is 1. The van der Waals surface area contributed by atoms with Crippen LogP contribution in [-0.4, -0.2) is 18.4 Å². The summed E-state index contributed by atoms with van der Waals surface area (Å²) in [4.78, 5) is 15.0. The average molecular weight is 354 g/mol. The summed E-state index contributed by atoms with van der Waals surface area (Å²) in [6, 6.07) is 16.1. The fraction of sp³-hybridized carbons (Fsp3) is 0.0526. The highest BCUT2D eigenvalue weighted by atomic mass is 35.5. The number of nitrogen functional groups attached to an aromatic ring is 1. The van der Waals surface area contributed by atoms with Crippen LogP contribution >= 0.6 is 11.6 Å². The molecule has 0 saturated carbocycles. The SMILES string of the molecule is COc1ccc(Cl)cc1-c1cc(N)nc(Nc2ccc(C=O)cc2)c1. The van der Waals surface area contributed by atoms with Gasteiger partial charge < -0.3 is 15.8 Å². The molecule has 0 bridgehead atoms. The molecule has 0 radical (unpaired) electrons. The van der Waals surface area contributed by atoms with Crippen molar-refractivity contribution in [2.45, 2.75) is 0 Å². The predicted octanol–water partition coefficient (Wildman–Crippen LogP) is 4.55. The summed E-state index contributed by atoms with van der Waals surface area (Å²) in [7, 11) is 1.60. The zero-order valence-corrected chi connectivity index (χ0v) is 14.2. The zero-order chi connectivity index (χ0) is 17.8. The molecular formula is C19H16ClN3O2. The fourth-order valence-corrected chi connectivity index (χ4v) is 2.64. The van der Waals surface area contributed by atoms with E-state index in [0.29, 0.717) is 28.0 Å². The van der Waals surface area contributed by atoms with E-state index in [2.05, 4.69) is 10.3 Å². The maximum Gasteiger partial charge on any atom is 0.150 e. The molecule has 6 heteroatoms. The number of hydrogen-bond donors (Lipinski definition) is 2. The van der Waals surface area contributed by atoms with E-state index in [1.165, 1.54) is 0 Å². The highest BCUT2D eigenvalue weighted by Gasteiger charge is 2.10. The van der Waals surface area contributed by atoms with Crippen molar-refractivity contribution in [3.05, 3.63) is 65.2 Å². The number of rotatable bonds is 5. The Morgan fingerprint density at radius 3 is 2.56 bits per heavy atom. The number of anilines is 3. The van der Waals surface area contributed by atoms with Crippen LogP contribution < -0.4 is 15.8 Å². The van der Waals surface area contributed by atoms with Crippen LogP contribution in [0, 0.1) is 0 Å². The van der Waals surface area contributed by atoms with Gasteiger partial charge in [-0.2, -0.15) is 0 Å². The molecule has 0 saturated heterocycles. The van der Waals surface area contributed by atoms with Gasteiger partial charge in [0.1, 0.15) is 23.7 Å². The highest BCUT2D eigenvalue weighted by molar-refractivity contribution is 6.31. The van der Waals surface area contributed by atoms with Crippen LogP contribution in [0.1, 0.15) is 10.4 Å². The molecule has 25 heavy (non-hydrogen) atoms. The van der Waals surface area contributed by atoms with Gasteiger partial charge in [-0.05, 0) is 60.2 Å². The van der Waals surface area contributed by atoms with Gasteiger partial charge in [0.15, 0.2) is 0 Å². The molecule has 2 aromatic carbocycles. The summed E-state index contributed by atoms with van der Waals surface area (Å²) in [6.07, 6.45) is 0.798. The second kappa shape index (κ2) is 7.23. The molecule has 0 unspecified atom stereocenters. The minimum absolute atomic E-state index is 0.367. The van der Waals surface area contributed by atoms with Crippen LogP contribution in [0.15, 0.2) is 54.6 Å². The number of nitrogens with two attached hydrogens (primary N) is 1. The lowest BCUT2D eigenvalue weighted by atomic mass is 10.1. The summed E-state index contributed by atoms with van der Waals surface area (Å²) in [5.74, 6) is 1.64. The maximum atomic E-state index is 10.7. The lowest BCUT2D eigenvalue weighted by Crippen LogP contribution is -1.99. The van der Waals surface area contributed by atoms with Gasteiger partial charge in [-0.15, -0.1) is 0 Å². The van der Waals surface area contributed by atoms with E-state index in [-0.39, 0.29) is 0 Å². The Bertz CT molecular complexity index is 911. The second-order valence-electron chi connectivity index (χ2n) is 5.38. The van der Waals surface area contributed by atoms with E-state index >= 15 is 0 Å². The number of carbonyl (C=O) groups is 1. The maximum absolute atomic E-state index is 10.7. The molecule has 1 heterocycles. The van der Waals surface area contributed by atoms with Crippen LogP contribution in [0.5, 0.6) is 5.75 Å². The molecule has 3 N–H and O–H groups in total. The molecule has 0 amide bonds. The number of aldehydes is 1. The minimum atomic E-state index is 0.367. The van der Waals surface area contributed by atoms with Gasteiger partial charge in [-0.3, -0.25) is 4.79 Å². The van der Waals surface area contributed by atoms with Crippen molar-refractivity contribution in [1.82, 2.24) is 4.98 Å². The fourth-order valence-electron chi connectivity index (χ4n) is 2.47.